The molecule has 0 aromatic heterocycles. The Hall–Kier alpha value is -0.180. The van der Waals surface area contributed by atoms with E-state index in [4.69, 9.17) is 11.6 Å². The van der Waals surface area contributed by atoms with Crippen LogP contribution in [0.2, 0.25) is 5.02 Å². The van der Waals surface area contributed by atoms with Crippen LogP contribution in [-0.4, -0.2) is 24.1 Å². The lowest BCUT2D eigenvalue weighted by molar-refractivity contribution is 0.293. The Morgan fingerprint density at radius 3 is 2.59 bits per heavy atom. The first-order chi connectivity index (χ1) is 8.19. The second kappa shape index (κ2) is 6.12. The van der Waals surface area contributed by atoms with Gasteiger partial charge in [0.25, 0.3) is 0 Å². The first-order valence-electron chi connectivity index (χ1n) is 6.20. The molecule has 94 valence electrons. The molecule has 1 aliphatic rings. The number of hydrogen-bond acceptors (Lipinski definition) is 2. The largest absolute Gasteiger partial charge is 0.313 e. The molecule has 17 heavy (non-hydrogen) atoms. The summed E-state index contributed by atoms with van der Waals surface area (Å²) >= 11 is 7.82. The van der Waals surface area contributed by atoms with Crippen LogP contribution in [0.25, 0.3) is 0 Å². The maximum Gasteiger partial charge on any atom is 0.0406 e. The molecule has 0 radical (unpaired) electrons. The van der Waals surface area contributed by atoms with Crippen molar-refractivity contribution < 1.29 is 0 Å². The minimum absolute atomic E-state index is 0.713. The van der Waals surface area contributed by atoms with Gasteiger partial charge in [-0.25, -0.2) is 0 Å². The fourth-order valence-corrected chi connectivity index (χ4v) is 2.60. The van der Waals surface area contributed by atoms with Gasteiger partial charge in [0, 0.05) is 22.9 Å². The number of hydrogen-bond donors (Lipinski definition) is 1. The van der Waals surface area contributed by atoms with Crippen molar-refractivity contribution in [2.45, 2.75) is 37.0 Å². The molecule has 1 nitrogen and oxygen atoms in total. The zero-order valence-corrected chi connectivity index (χ0v) is 12.0. The van der Waals surface area contributed by atoms with E-state index in [1.54, 1.807) is 0 Å². The maximum atomic E-state index is 5.89. The van der Waals surface area contributed by atoms with Gasteiger partial charge in [0.05, 0.1) is 0 Å². The van der Waals surface area contributed by atoms with Crippen molar-refractivity contribution in [1.82, 2.24) is 5.32 Å². The van der Waals surface area contributed by atoms with Crippen LogP contribution in [0.3, 0.4) is 0 Å². The van der Waals surface area contributed by atoms with Crippen molar-refractivity contribution >= 4 is 23.4 Å². The minimum Gasteiger partial charge on any atom is -0.313 e. The van der Waals surface area contributed by atoms with Gasteiger partial charge in [0.15, 0.2) is 0 Å². The summed E-state index contributed by atoms with van der Waals surface area (Å²) in [6, 6.07) is 9.02. The van der Waals surface area contributed by atoms with Crippen molar-refractivity contribution in [3.05, 3.63) is 34.9 Å². The fourth-order valence-electron chi connectivity index (χ4n) is 2.21. The fraction of sp³-hybridized carbons (Fsp3) is 0.571. The predicted molar refractivity (Wildman–Crippen MR) is 78.2 cm³/mol. The highest BCUT2D eigenvalue weighted by molar-refractivity contribution is 7.99. The summed E-state index contributed by atoms with van der Waals surface area (Å²) in [6.07, 6.45) is 4.70. The molecule has 2 rings (SSSR count). The van der Waals surface area contributed by atoms with E-state index in [0.717, 1.165) is 17.5 Å². The van der Waals surface area contributed by atoms with Gasteiger partial charge in [-0.3, -0.25) is 0 Å². The Kier molecular flexibility index (Phi) is 4.78. The third-order valence-electron chi connectivity index (χ3n) is 3.58. The molecule has 1 saturated carbocycles. The van der Waals surface area contributed by atoms with Crippen molar-refractivity contribution in [2.75, 3.05) is 12.8 Å². The quantitative estimate of drug-likeness (QED) is 0.869. The molecule has 1 aromatic carbocycles. The van der Waals surface area contributed by atoms with Crippen LogP contribution in [0.4, 0.5) is 0 Å². The highest BCUT2D eigenvalue weighted by Crippen LogP contribution is 2.37. The summed E-state index contributed by atoms with van der Waals surface area (Å²) < 4.78 is 0. The highest BCUT2D eigenvalue weighted by Gasteiger charge is 2.29. The van der Waals surface area contributed by atoms with Crippen molar-refractivity contribution in [3.8, 4) is 0 Å². The topological polar surface area (TPSA) is 12.0 Å². The molecular formula is C14H20ClNS. The maximum absolute atomic E-state index is 5.89. The Bertz CT molecular complexity index is 346. The van der Waals surface area contributed by atoms with E-state index in [1.807, 2.05) is 23.9 Å². The van der Waals surface area contributed by atoms with Gasteiger partial charge >= 0.3 is 0 Å². The molecule has 0 saturated heterocycles. The average molecular weight is 270 g/mol. The smallest absolute Gasteiger partial charge is 0.0406 e. The molecule has 3 heteroatoms. The lowest BCUT2D eigenvalue weighted by Crippen LogP contribution is -2.42. The van der Waals surface area contributed by atoms with Crippen molar-refractivity contribution in [1.29, 1.82) is 0 Å². The molecule has 1 unspecified atom stereocenters. The summed E-state index contributed by atoms with van der Waals surface area (Å²) in [5.74, 6) is 0.731. The van der Waals surface area contributed by atoms with Crippen LogP contribution < -0.4 is 5.32 Å². The normalized spacial score (nSPS) is 25.4. The van der Waals surface area contributed by atoms with E-state index in [1.165, 1.54) is 18.4 Å². The molecule has 0 spiro atoms. The number of benzene rings is 1. The first kappa shape index (κ1) is 13.3. The average Bonchev–Trinajstić information content (AvgIpc) is 2.29. The van der Waals surface area contributed by atoms with Crippen LogP contribution in [0.1, 0.15) is 31.2 Å². The van der Waals surface area contributed by atoms with Crippen LogP contribution in [0.15, 0.2) is 24.3 Å². The van der Waals surface area contributed by atoms with Crippen LogP contribution >= 0.6 is 23.4 Å². The van der Waals surface area contributed by atoms with Crippen LogP contribution in [0.5, 0.6) is 0 Å². The summed E-state index contributed by atoms with van der Waals surface area (Å²) in [5.41, 5.74) is 1.44. The zero-order valence-electron chi connectivity index (χ0n) is 10.4. The number of halogens is 1. The lowest BCUT2D eigenvalue weighted by atomic mass is 9.76. The van der Waals surface area contributed by atoms with Crippen molar-refractivity contribution in [2.24, 2.45) is 0 Å². The van der Waals surface area contributed by atoms with Gasteiger partial charge in [0.2, 0.25) is 0 Å². The highest BCUT2D eigenvalue weighted by atomic mass is 35.5. The molecule has 0 heterocycles. The summed E-state index contributed by atoms with van der Waals surface area (Å²) in [4.78, 5) is 0. The van der Waals surface area contributed by atoms with Gasteiger partial charge in [-0.05, 0) is 42.7 Å². The van der Waals surface area contributed by atoms with E-state index in [2.05, 4.69) is 30.6 Å². The van der Waals surface area contributed by atoms with Crippen LogP contribution in [0, 0.1) is 0 Å². The van der Waals surface area contributed by atoms with Gasteiger partial charge < -0.3 is 5.32 Å². The number of nitrogens with one attached hydrogen (secondary N) is 1. The Balaban J connectivity index is 1.73. The first-order valence-corrected chi connectivity index (χ1v) is 7.87. The Morgan fingerprint density at radius 2 is 2.00 bits per heavy atom. The van der Waals surface area contributed by atoms with E-state index < -0.39 is 0 Å². The monoisotopic (exact) mass is 269 g/mol. The second-order valence-electron chi connectivity index (χ2n) is 4.87. The summed E-state index contributed by atoms with van der Waals surface area (Å²) in [7, 11) is 0. The molecule has 1 N–H and O–H groups in total. The van der Waals surface area contributed by atoms with E-state index >= 15 is 0 Å². The van der Waals surface area contributed by atoms with Crippen molar-refractivity contribution in [3.63, 3.8) is 0 Å². The van der Waals surface area contributed by atoms with Gasteiger partial charge in [-0.1, -0.05) is 30.7 Å². The zero-order chi connectivity index (χ0) is 12.3. The molecular weight excluding hydrogens is 250 g/mol. The lowest BCUT2D eigenvalue weighted by Gasteiger charge is -2.37. The molecule has 0 amide bonds. The van der Waals surface area contributed by atoms with Gasteiger partial charge in [0.1, 0.15) is 0 Å². The van der Waals surface area contributed by atoms with Gasteiger partial charge in [-0.15, -0.1) is 0 Å². The van der Waals surface area contributed by atoms with Crippen LogP contribution in [-0.2, 0) is 0 Å². The van der Waals surface area contributed by atoms with E-state index in [9.17, 15) is 0 Å². The molecule has 0 bridgehead atoms. The Morgan fingerprint density at radius 1 is 1.35 bits per heavy atom. The van der Waals surface area contributed by atoms with Gasteiger partial charge in [-0.2, -0.15) is 11.8 Å². The van der Waals surface area contributed by atoms with E-state index in [-0.39, 0.29) is 0 Å². The summed E-state index contributed by atoms with van der Waals surface area (Å²) in [6.45, 7) is 3.40. The number of rotatable bonds is 5. The predicted octanol–water partition coefficient (Wildman–Crippen LogP) is 3.93. The molecule has 1 aromatic rings. The molecule has 1 atom stereocenters. The molecule has 0 aliphatic heterocycles. The summed E-state index contributed by atoms with van der Waals surface area (Å²) in [5, 5.41) is 5.18. The third-order valence-corrected chi connectivity index (χ3v) is 4.80. The second-order valence-corrected chi connectivity index (χ2v) is 6.58. The molecule has 1 fully saturated rings. The molecule has 1 aliphatic carbocycles. The SMILES string of the molecule is CSC(C)CNC1CC(c2ccc(Cl)cc2)C1. The number of thioether (sulfide) groups is 1. The van der Waals surface area contributed by atoms with E-state index in [0.29, 0.717) is 11.3 Å². The third kappa shape index (κ3) is 3.64. The Labute approximate surface area is 113 Å². The minimum atomic E-state index is 0.713. The standard InChI is InChI=1S/C14H20ClNS/c1-10(17-2)9-16-14-7-12(8-14)11-3-5-13(15)6-4-11/h3-6,10,12,14,16H,7-9H2,1-2H3.